The van der Waals surface area contributed by atoms with Gasteiger partial charge in [-0.2, -0.15) is 0 Å². The minimum absolute atomic E-state index is 0. The number of hydrogen-bond donors (Lipinski definition) is 2. The smallest absolute Gasteiger partial charge is 0.407 e. The van der Waals surface area contributed by atoms with Crippen molar-refractivity contribution in [1.29, 1.82) is 0 Å². The van der Waals surface area contributed by atoms with Crippen LogP contribution in [0.5, 0.6) is 0 Å². The Morgan fingerprint density at radius 2 is 1.50 bits per heavy atom. The monoisotopic (exact) mass is 660 g/mol. The van der Waals surface area contributed by atoms with Gasteiger partial charge in [-0.15, -0.1) is 0 Å². The SMILES string of the molecule is CCC[n+]1cc(Br)cc(C(=O)N(CCOC(=O)NCCOC(=O)NCCCCc2ccccc2)c2ccccc2)c1.[Cl-]. The molecule has 3 aromatic rings. The fourth-order valence-electron chi connectivity index (χ4n) is 4.13. The fourth-order valence-corrected chi connectivity index (χ4v) is 4.64. The number of hydrogen-bond acceptors (Lipinski definition) is 5. The summed E-state index contributed by atoms with van der Waals surface area (Å²) in [7, 11) is 0. The summed E-state index contributed by atoms with van der Waals surface area (Å²) in [6.45, 7) is 3.66. The Kier molecular flexibility index (Phi) is 16.0. The van der Waals surface area contributed by atoms with Crippen LogP contribution >= 0.6 is 15.9 Å². The maximum Gasteiger partial charge on any atom is 0.407 e. The molecule has 0 spiro atoms. The van der Waals surface area contributed by atoms with E-state index in [-0.39, 0.29) is 44.6 Å². The van der Waals surface area contributed by atoms with Gasteiger partial charge in [0.05, 0.1) is 17.6 Å². The highest BCUT2D eigenvalue weighted by Crippen LogP contribution is 2.18. The molecule has 0 aliphatic carbocycles. The zero-order valence-corrected chi connectivity index (χ0v) is 26.1. The first-order valence-electron chi connectivity index (χ1n) is 13.9. The molecule has 3 rings (SSSR count). The summed E-state index contributed by atoms with van der Waals surface area (Å²) in [6.07, 6.45) is 6.28. The Morgan fingerprint density at radius 1 is 0.857 bits per heavy atom. The Hall–Kier alpha value is -3.63. The van der Waals surface area contributed by atoms with Gasteiger partial charge in [-0.25, -0.2) is 14.2 Å². The van der Waals surface area contributed by atoms with E-state index in [1.165, 1.54) is 5.56 Å². The second kappa shape index (κ2) is 19.5. The van der Waals surface area contributed by atoms with Gasteiger partial charge in [0.1, 0.15) is 25.3 Å². The Balaban J connectivity index is 0.00000616. The number of anilines is 1. The zero-order valence-electron chi connectivity index (χ0n) is 23.8. The number of nitrogens with one attached hydrogen (secondary N) is 2. The van der Waals surface area contributed by atoms with Crippen molar-refractivity contribution in [3.63, 3.8) is 0 Å². The van der Waals surface area contributed by atoms with Gasteiger partial charge in [0, 0.05) is 18.7 Å². The van der Waals surface area contributed by atoms with Crippen molar-refractivity contribution in [3.8, 4) is 0 Å². The summed E-state index contributed by atoms with van der Waals surface area (Å²) < 4.78 is 13.2. The highest BCUT2D eigenvalue weighted by molar-refractivity contribution is 9.10. The summed E-state index contributed by atoms with van der Waals surface area (Å²) in [5, 5.41) is 5.27. The molecule has 0 radical (unpaired) electrons. The molecule has 0 fully saturated rings. The van der Waals surface area contributed by atoms with Gasteiger partial charge >= 0.3 is 12.2 Å². The van der Waals surface area contributed by atoms with Crippen LogP contribution in [0.3, 0.4) is 0 Å². The molecule has 3 amide bonds. The van der Waals surface area contributed by atoms with Crippen molar-refractivity contribution in [3.05, 3.63) is 94.7 Å². The zero-order chi connectivity index (χ0) is 29.3. The van der Waals surface area contributed by atoms with Crippen molar-refractivity contribution >= 4 is 39.7 Å². The number of unbranched alkanes of at least 4 members (excludes halogenated alkanes) is 1. The molecular weight excluding hydrogens is 624 g/mol. The van der Waals surface area contributed by atoms with E-state index in [1.807, 2.05) is 65.5 Å². The molecule has 1 aromatic heterocycles. The molecule has 0 saturated carbocycles. The number of nitrogens with zero attached hydrogens (tertiary/aromatic N) is 2. The number of benzene rings is 2. The van der Waals surface area contributed by atoms with E-state index >= 15 is 0 Å². The van der Waals surface area contributed by atoms with Crippen LogP contribution in [0.4, 0.5) is 15.3 Å². The Bertz CT molecular complexity index is 1250. The highest BCUT2D eigenvalue weighted by Gasteiger charge is 2.21. The van der Waals surface area contributed by atoms with Gasteiger partial charge in [0.15, 0.2) is 12.4 Å². The molecule has 0 bridgehead atoms. The van der Waals surface area contributed by atoms with Crippen LogP contribution in [0, 0.1) is 0 Å². The number of ether oxygens (including phenoxy) is 2. The van der Waals surface area contributed by atoms with Crippen molar-refractivity contribution in [2.24, 2.45) is 0 Å². The van der Waals surface area contributed by atoms with Gasteiger partial charge in [-0.3, -0.25) is 4.79 Å². The van der Waals surface area contributed by atoms with E-state index in [9.17, 15) is 14.4 Å². The van der Waals surface area contributed by atoms with Crippen LogP contribution in [-0.4, -0.2) is 50.9 Å². The fraction of sp³-hybridized carbons (Fsp3) is 0.355. The molecule has 11 heteroatoms. The average Bonchev–Trinajstić information content (AvgIpc) is 2.98. The van der Waals surface area contributed by atoms with E-state index in [0.717, 1.165) is 36.7 Å². The third-order valence-corrected chi connectivity index (χ3v) is 6.52. The predicted molar refractivity (Wildman–Crippen MR) is 161 cm³/mol. The van der Waals surface area contributed by atoms with E-state index in [2.05, 4.69) is 45.6 Å². The van der Waals surface area contributed by atoms with Gasteiger partial charge in [0.2, 0.25) is 0 Å². The number of aryl methyl sites for hydroxylation is 2. The van der Waals surface area contributed by atoms with E-state index in [0.29, 0.717) is 17.8 Å². The number of aromatic nitrogens is 1. The minimum atomic E-state index is -0.654. The second-order valence-electron chi connectivity index (χ2n) is 9.34. The standard InChI is InChI=1S/C31H37BrN4O5.ClH/c1-2-18-35-23-26(22-27(32)24-35)29(37)36(28-14-7-4-8-15-28)19-21-41-31(39)34-17-20-40-30(38)33-16-10-9-13-25-11-5-3-6-12-25;/h3-8,11-12,14-15,22-24H,2,9-10,13,16-21H2,1H3,(H-,33,34,38,39);1H. The molecule has 0 unspecified atom stereocenters. The summed E-state index contributed by atoms with van der Waals surface area (Å²) in [6, 6.07) is 21.2. The summed E-state index contributed by atoms with van der Waals surface area (Å²) in [4.78, 5) is 39.1. The lowest BCUT2D eigenvalue weighted by atomic mass is 10.1. The van der Waals surface area contributed by atoms with Crippen LogP contribution in [0.15, 0.2) is 83.6 Å². The third kappa shape index (κ3) is 12.5. The topological polar surface area (TPSA) is 101 Å². The molecule has 42 heavy (non-hydrogen) atoms. The quantitative estimate of drug-likeness (QED) is 0.192. The van der Waals surface area contributed by atoms with Gasteiger partial charge in [-0.05, 0) is 59.0 Å². The Labute approximate surface area is 262 Å². The van der Waals surface area contributed by atoms with Crippen LogP contribution < -0.4 is 32.5 Å². The van der Waals surface area contributed by atoms with Crippen molar-refractivity contribution in [2.45, 2.75) is 39.2 Å². The number of halogens is 2. The molecule has 0 saturated heterocycles. The largest absolute Gasteiger partial charge is 1.00 e. The normalized spacial score (nSPS) is 10.2. The van der Waals surface area contributed by atoms with Gasteiger partial charge in [-0.1, -0.05) is 55.5 Å². The van der Waals surface area contributed by atoms with Crippen LogP contribution in [-0.2, 0) is 22.4 Å². The first-order chi connectivity index (χ1) is 20.0. The molecular formula is C31H38BrClN4O5. The number of carbonyl (C=O) groups excluding carboxylic acids is 3. The van der Waals surface area contributed by atoms with E-state index in [4.69, 9.17) is 9.47 Å². The summed E-state index contributed by atoms with van der Waals surface area (Å²) in [5.74, 6) is -0.203. The number of para-hydroxylation sites is 1. The number of carbonyl (C=O) groups is 3. The van der Waals surface area contributed by atoms with Crippen LogP contribution in [0.1, 0.15) is 42.1 Å². The highest BCUT2D eigenvalue weighted by atomic mass is 79.9. The summed E-state index contributed by atoms with van der Waals surface area (Å²) >= 11 is 3.49. The molecule has 1 heterocycles. The predicted octanol–water partition coefficient (Wildman–Crippen LogP) is 2.27. The average molecular weight is 662 g/mol. The maximum absolute atomic E-state index is 13.5. The number of rotatable bonds is 15. The van der Waals surface area contributed by atoms with Crippen LogP contribution in [0.2, 0.25) is 0 Å². The lowest BCUT2D eigenvalue weighted by molar-refractivity contribution is -0.697. The lowest BCUT2D eigenvalue weighted by Crippen LogP contribution is -3.00. The summed E-state index contributed by atoms with van der Waals surface area (Å²) in [5.41, 5.74) is 2.49. The first-order valence-corrected chi connectivity index (χ1v) is 14.7. The van der Waals surface area contributed by atoms with Crippen LogP contribution in [0.25, 0.3) is 0 Å². The Morgan fingerprint density at radius 3 is 2.19 bits per heavy atom. The molecule has 2 aromatic carbocycles. The first kappa shape index (κ1) is 34.6. The third-order valence-electron chi connectivity index (χ3n) is 6.09. The molecule has 0 aliphatic heterocycles. The molecule has 9 nitrogen and oxygen atoms in total. The number of amides is 3. The second-order valence-corrected chi connectivity index (χ2v) is 10.3. The molecule has 2 N–H and O–H groups in total. The van der Waals surface area contributed by atoms with Gasteiger partial charge < -0.3 is 37.4 Å². The van der Waals surface area contributed by atoms with Crippen molar-refractivity contribution in [2.75, 3.05) is 37.7 Å². The molecule has 0 aliphatic rings. The number of alkyl carbamates (subject to hydrolysis) is 2. The van der Waals surface area contributed by atoms with Crippen molar-refractivity contribution < 1.29 is 40.8 Å². The molecule has 226 valence electrons. The lowest BCUT2D eigenvalue weighted by Gasteiger charge is -2.22. The van der Waals surface area contributed by atoms with E-state index < -0.39 is 12.2 Å². The van der Waals surface area contributed by atoms with Crippen molar-refractivity contribution in [1.82, 2.24) is 10.6 Å². The maximum atomic E-state index is 13.5. The minimum Gasteiger partial charge on any atom is -1.00 e. The number of pyridine rings is 1. The molecule has 0 atom stereocenters. The van der Waals surface area contributed by atoms with Gasteiger partial charge in [0.25, 0.3) is 5.91 Å². The van der Waals surface area contributed by atoms with E-state index in [1.54, 1.807) is 11.0 Å².